The van der Waals surface area contributed by atoms with Crippen molar-refractivity contribution in [3.05, 3.63) is 47.1 Å². The van der Waals surface area contributed by atoms with Gasteiger partial charge >= 0.3 is 0 Å². The van der Waals surface area contributed by atoms with E-state index in [-0.39, 0.29) is 41.0 Å². The second kappa shape index (κ2) is 6.25. The van der Waals surface area contributed by atoms with Crippen molar-refractivity contribution in [2.75, 3.05) is 0 Å². The smallest absolute Gasteiger partial charge is 0.164 e. The van der Waals surface area contributed by atoms with Gasteiger partial charge in [-0.15, -0.1) is 23.5 Å². The van der Waals surface area contributed by atoms with E-state index in [1.165, 1.54) is 4.91 Å². The van der Waals surface area contributed by atoms with Gasteiger partial charge in [0, 0.05) is 16.7 Å². The minimum absolute atomic E-state index is 0.0308. The van der Waals surface area contributed by atoms with Gasteiger partial charge in [0.05, 0.1) is 17.0 Å². The lowest BCUT2D eigenvalue weighted by atomic mass is 9.55. The van der Waals surface area contributed by atoms with Crippen molar-refractivity contribution in [2.24, 2.45) is 17.8 Å². The van der Waals surface area contributed by atoms with E-state index < -0.39 is 11.6 Å². The summed E-state index contributed by atoms with van der Waals surface area (Å²) in [6, 6.07) is 0. The van der Waals surface area contributed by atoms with Crippen LogP contribution in [0.2, 0.25) is 0 Å². The number of ether oxygens (including phenoxy) is 4. The molecule has 4 aliphatic carbocycles. The SMILES string of the molecule is C=CSC1=CC2C3C=CC(SC=C)(C4OC(C)(C)OC34)C2[C@@H]2OC(C)(C)O[C@H]12. The molecule has 0 aromatic heterocycles. The average molecular weight is 421 g/mol. The molecule has 2 bridgehead atoms. The summed E-state index contributed by atoms with van der Waals surface area (Å²) in [6.07, 6.45) is 6.94. The summed E-state index contributed by atoms with van der Waals surface area (Å²) in [4.78, 5) is 1.20. The first-order valence-corrected chi connectivity index (χ1v) is 11.7. The Labute approximate surface area is 175 Å². The van der Waals surface area contributed by atoms with Crippen molar-refractivity contribution >= 4 is 23.5 Å². The van der Waals surface area contributed by atoms with Crippen LogP contribution < -0.4 is 0 Å². The minimum Gasteiger partial charge on any atom is -0.344 e. The molecule has 0 spiro atoms. The summed E-state index contributed by atoms with van der Waals surface area (Å²) in [6.45, 7) is 16.0. The van der Waals surface area contributed by atoms with Gasteiger partial charge in [-0.05, 0) is 44.4 Å². The lowest BCUT2D eigenvalue weighted by Crippen LogP contribution is -2.67. The molecule has 8 atom stereocenters. The Morgan fingerprint density at radius 1 is 0.929 bits per heavy atom. The van der Waals surface area contributed by atoms with Crippen LogP contribution >= 0.6 is 23.5 Å². The third-order valence-corrected chi connectivity index (χ3v) is 8.56. The highest BCUT2D eigenvalue weighted by Crippen LogP contribution is 2.64. The maximum absolute atomic E-state index is 6.53. The van der Waals surface area contributed by atoms with Crippen LogP contribution in [0.1, 0.15) is 27.7 Å². The molecule has 1 saturated carbocycles. The topological polar surface area (TPSA) is 36.9 Å². The highest BCUT2D eigenvalue weighted by molar-refractivity contribution is 8.05. The Kier molecular flexibility index (Phi) is 4.35. The molecule has 6 heteroatoms. The molecule has 0 amide bonds. The zero-order chi connectivity index (χ0) is 19.9. The van der Waals surface area contributed by atoms with Crippen LogP contribution in [0.4, 0.5) is 0 Å². The average Bonchev–Trinajstić information content (AvgIpc) is 3.11. The highest BCUT2D eigenvalue weighted by atomic mass is 32.2. The van der Waals surface area contributed by atoms with Gasteiger partial charge in [-0.25, -0.2) is 0 Å². The van der Waals surface area contributed by atoms with Crippen LogP contribution in [0.3, 0.4) is 0 Å². The summed E-state index contributed by atoms with van der Waals surface area (Å²) < 4.78 is 25.5. The van der Waals surface area contributed by atoms with Crippen molar-refractivity contribution in [3.8, 4) is 0 Å². The van der Waals surface area contributed by atoms with Gasteiger partial charge in [-0.2, -0.15) is 0 Å². The number of thioether (sulfide) groups is 2. The van der Waals surface area contributed by atoms with E-state index in [4.69, 9.17) is 18.9 Å². The molecule has 152 valence electrons. The first-order valence-electron chi connectivity index (χ1n) is 9.90. The van der Waals surface area contributed by atoms with Crippen LogP contribution in [0.5, 0.6) is 0 Å². The van der Waals surface area contributed by atoms with Gasteiger partial charge in [0.2, 0.25) is 0 Å². The molecule has 6 aliphatic rings. The maximum Gasteiger partial charge on any atom is 0.164 e. The second-order valence-electron chi connectivity index (χ2n) is 9.07. The Morgan fingerprint density at radius 2 is 1.64 bits per heavy atom. The fourth-order valence-corrected chi connectivity index (χ4v) is 7.81. The summed E-state index contributed by atoms with van der Waals surface area (Å²) in [7, 11) is 0. The van der Waals surface area contributed by atoms with Gasteiger partial charge in [0.1, 0.15) is 12.2 Å². The molecule has 2 saturated heterocycles. The molecule has 0 N–H and O–H groups in total. The molecule has 2 aliphatic heterocycles. The van der Waals surface area contributed by atoms with Crippen LogP contribution in [0, 0.1) is 17.8 Å². The second-order valence-corrected chi connectivity index (χ2v) is 11.4. The molecule has 0 radical (unpaired) electrons. The normalized spacial score (nSPS) is 49.1. The number of fused-ring (bicyclic) bond motifs is 1. The largest absolute Gasteiger partial charge is 0.344 e. The standard InChI is InChI=1S/C22H28O4S2/c1-7-27-14-11-13-12-9-10-22(28-8-2,19-16(12)23-21(5,6)26-19)15(13)18-17(14)24-20(3,4)25-18/h7-13,15-19H,1-2H2,3-6H3/t12?,13?,15?,16?,17-,18+,19?,22?/m1/s1. The lowest BCUT2D eigenvalue weighted by Gasteiger charge is -2.59. The van der Waals surface area contributed by atoms with Gasteiger partial charge in [0.25, 0.3) is 0 Å². The van der Waals surface area contributed by atoms with Crippen LogP contribution in [0.25, 0.3) is 0 Å². The Morgan fingerprint density at radius 3 is 2.36 bits per heavy atom. The molecule has 3 fully saturated rings. The van der Waals surface area contributed by atoms with E-state index in [9.17, 15) is 0 Å². The Balaban J connectivity index is 1.66. The highest BCUT2D eigenvalue weighted by Gasteiger charge is 2.70. The summed E-state index contributed by atoms with van der Waals surface area (Å²) in [5.74, 6) is -0.411. The van der Waals surface area contributed by atoms with Crippen LogP contribution in [0.15, 0.2) is 47.1 Å². The maximum atomic E-state index is 6.53. The van der Waals surface area contributed by atoms with E-state index in [1.54, 1.807) is 23.5 Å². The molecule has 0 aromatic carbocycles. The quantitative estimate of drug-likeness (QED) is 0.605. The summed E-state index contributed by atoms with van der Waals surface area (Å²) >= 11 is 3.39. The molecule has 2 heterocycles. The number of hydrogen-bond donors (Lipinski definition) is 0. The minimum atomic E-state index is -0.614. The summed E-state index contributed by atoms with van der Waals surface area (Å²) in [5, 5.41) is 3.82. The Hall–Kier alpha value is -0.500. The van der Waals surface area contributed by atoms with Gasteiger partial charge in [-0.3, -0.25) is 0 Å². The number of rotatable bonds is 4. The van der Waals surface area contributed by atoms with E-state index in [2.05, 4.69) is 31.4 Å². The third-order valence-electron chi connectivity index (χ3n) is 6.54. The van der Waals surface area contributed by atoms with Gasteiger partial charge in [0.15, 0.2) is 11.6 Å². The first-order chi connectivity index (χ1) is 13.2. The van der Waals surface area contributed by atoms with Gasteiger partial charge in [-0.1, -0.05) is 31.4 Å². The van der Waals surface area contributed by atoms with E-state index in [1.807, 2.05) is 38.5 Å². The van der Waals surface area contributed by atoms with Crippen LogP contribution in [-0.4, -0.2) is 40.7 Å². The monoisotopic (exact) mass is 420 g/mol. The van der Waals surface area contributed by atoms with Crippen molar-refractivity contribution in [3.63, 3.8) is 0 Å². The molecular weight excluding hydrogens is 392 g/mol. The van der Waals surface area contributed by atoms with Gasteiger partial charge < -0.3 is 18.9 Å². The van der Waals surface area contributed by atoms with E-state index in [0.717, 1.165) is 0 Å². The predicted molar refractivity (Wildman–Crippen MR) is 114 cm³/mol. The fourth-order valence-electron chi connectivity index (χ4n) is 5.85. The van der Waals surface area contributed by atoms with Crippen molar-refractivity contribution < 1.29 is 18.9 Å². The molecule has 6 unspecified atom stereocenters. The molecular formula is C22H28O4S2. The molecule has 4 nitrogen and oxygen atoms in total. The first kappa shape index (κ1) is 19.5. The fraction of sp³-hybridized carbons (Fsp3) is 0.636. The number of hydrogen-bond acceptors (Lipinski definition) is 6. The van der Waals surface area contributed by atoms with E-state index >= 15 is 0 Å². The zero-order valence-electron chi connectivity index (χ0n) is 16.8. The third kappa shape index (κ3) is 2.62. The van der Waals surface area contributed by atoms with Crippen molar-refractivity contribution in [1.82, 2.24) is 0 Å². The summed E-state index contributed by atoms with van der Waals surface area (Å²) in [5.41, 5.74) is 0. The van der Waals surface area contributed by atoms with E-state index in [0.29, 0.717) is 5.92 Å². The van der Waals surface area contributed by atoms with Crippen molar-refractivity contribution in [2.45, 2.75) is 68.4 Å². The lowest BCUT2D eigenvalue weighted by molar-refractivity contribution is -0.157. The van der Waals surface area contributed by atoms with Crippen molar-refractivity contribution in [1.29, 1.82) is 0 Å². The molecule has 28 heavy (non-hydrogen) atoms. The predicted octanol–water partition coefficient (Wildman–Crippen LogP) is 4.85. The molecule has 6 rings (SSSR count). The molecule has 0 aromatic rings. The number of allylic oxidation sites excluding steroid dienone is 1. The Bertz CT molecular complexity index is 772. The zero-order valence-corrected chi connectivity index (χ0v) is 18.4. The van der Waals surface area contributed by atoms with Crippen LogP contribution in [-0.2, 0) is 18.9 Å².